The first-order valence-electron chi connectivity index (χ1n) is 5.51. The number of amides is 1. The highest BCUT2D eigenvalue weighted by Gasteiger charge is 2.64. The average Bonchev–Trinajstić information content (AvgIpc) is 2.93. The maximum Gasteiger partial charge on any atom is 0.406 e. The van der Waals surface area contributed by atoms with E-state index in [0.29, 0.717) is 4.47 Å². The highest BCUT2D eigenvalue weighted by atomic mass is 79.9. The lowest BCUT2D eigenvalue weighted by Gasteiger charge is -2.27. The number of nitrogens with zero attached hydrogens (tertiary/aromatic N) is 1. The third-order valence-electron chi connectivity index (χ3n) is 3.32. The summed E-state index contributed by atoms with van der Waals surface area (Å²) < 4.78 is 39.5. The zero-order chi connectivity index (χ0) is 15.1. The molecule has 1 atom stereocenters. The first-order chi connectivity index (χ1) is 9.19. The van der Waals surface area contributed by atoms with Crippen molar-refractivity contribution in [2.45, 2.75) is 12.6 Å². The third-order valence-corrected chi connectivity index (χ3v) is 5.15. The van der Waals surface area contributed by atoms with Crippen LogP contribution in [0.5, 0.6) is 0 Å². The van der Waals surface area contributed by atoms with E-state index < -0.39 is 36.4 Å². The van der Waals surface area contributed by atoms with E-state index in [4.69, 9.17) is 5.11 Å². The van der Waals surface area contributed by atoms with Crippen LogP contribution >= 0.6 is 27.3 Å². The normalized spacial score (nSPS) is 23.1. The fraction of sp³-hybridized carbons (Fsp3) is 0.455. The van der Waals surface area contributed by atoms with Gasteiger partial charge in [-0.15, -0.1) is 11.3 Å². The maximum absolute atomic E-state index is 13.0. The second kappa shape index (κ2) is 5.03. The number of rotatable bonds is 2. The van der Waals surface area contributed by atoms with Crippen molar-refractivity contribution in [1.29, 1.82) is 0 Å². The molecule has 0 aromatic carbocycles. The molecule has 1 fully saturated rings. The Hall–Kier alpha value is -1.09. The highest BCUT2D eigenvalue weighted by Crippen LogP contribution is 2.46. The Labute approximate surface area is 124 Å². The van der Waals surface area contributed by atoms with Gasteiger partial charge in [0.15, 0.2) is 5.41 Å². The van der Waals surface area contributed by atoms with Gasteiger partial charge in [0.25, 0.3) is 5.91 Å². The third kappa shape index (κ3) is 2.32. The van der Waals surface area contributed by atoms with Gasteiger partial charge in [-0.25, -0.2) is 0 Å². The zero-order valence-electron chi connectivity index (χ0n) is 9.91. The number of likely N-dealkylation sites (tertiary alicyclic amines) is 1. The number of carbonyl (C=O) groups is 2. The SMILES string of the molecule is O=C(c1sccc1Br)N1CCC(C(=O)O)(C(F)(F)F)C1. The van der Waals surface area contributed by atoms with Crippen molar-refractivity contribution in [2.75, 3.05) is 13.1 Å². The second-order valence-corrected chi connectivity index (χ2v) is 6.23. The largest absolute Gasteiger partial charge is 0.481 e. The standard InChI is InChI=1S/C11H9BrF3NO3S/c12-6-1-4-20-7(6)8(17)16-3-2-10(5-16,9(18)19)11(13,14)15/h1,4H,2-3,5H2,(H,18,19). The van der Waals surface area contributed by atoms with E-state index in [1.54, 1.807) is 11.4 Å². The van der Waals surface area contributed by atoms with Gasteiger partial charge in [-0.05, 0) is 33.8 Å². The Morgan fingerprint density at radius 1 is 1.45 bits per heavy atom. The quantitative estimate of drug-likeness (QED) is 0.869. The molecular formula is C11H9BrF3NO3S. The van der Waals surface area contributed by atoms with Gasteiger partial charge in [0.05, 0.1) is 0 Å². The molecule has 1 saturated heterocycles. The first kappa shape index (κ1) is 15.3. The number of hydrogen-bond donors (Lipinski definition) is 1. The Morgan fingerprint density at radius 2 is 2.10 bits per heavy atom. The molecule has 110 valence electrons. The van der Waals surface area contributed by atoms with Crippen molar-refractivity contribution in [2.24, 2.45) is 5.41 Å². The molecule has 0 radical (unpaired) electrons. The maximum atomic E-state index is 13.0. The Bertz CT molecular complexity index is 559. The zero-order valence-corrected chi connectivity index (χ0v) is 12.3. The topological polar surface area (TPSA) is 57.6 Å². The lowest BCUT2D eigenvalue weighted by Crippen LogP contribution is -2.47. The predicted octanol–water partition coefficient (Wildman–Crippen LogP) is 2.99. The van der Waals surface area contributed by atoms with Crippen LogP contribution in [-0.4, -0.2) is 41.1 Å². The number of thiophene rings is 1. The summed E-state index contributed by atoms with van der Waals surface area (Å²) >= 11 is 4.23. The molecule has 20 heavy (non-hydrogen) atoms. The fourth-order valence-corrected chi connectivity index (χ4v) is 3.61. The Balaban J connectivity index is 2.26. The smallest absolute Gasteiger partial charge is 0.406 e. The summed E-state index contributed by atoms with van der Waals surface area (Å²) in [7, 11) is 0. The van der Waals surface area contributed by atoms with Crippen molar-refractivity contribution in [1.82, 2.24) is 4.90 Å². The van der Waals surface area contributed by atoms with Crippen LogP contribution in [0.3, 0.4) is 0 Å². The molecular weight excluding hydrogens is 363 g/mol. The lowest BCUT2D eigenvalue weighted by molar-refractivity contribution is -0.227. The molecule has 1 aliphatic heterocycles. The second-order valence-electron chi connectivity index (χ2n) is 4.46. The average molecular weight is 372 g/mol. The van der Waals surface area contributed by atoms with E-state index in [-0.39, 0.29) is 11.4 Å². The molecule has 0 bridgehead atoms. The number of carbonyl (C=O) groups excluding carboxylic acids is 1. The van der Waals surface area contributed by atoms with Gasteiger partial charge >= 0.3 is 12.1 Å². The molecule has 0 aliphatic carbocycles. The van der Waals surface area contributed by atoms with Crippen LogP contribution in [0, 0.1) is 5.41 Å². The molecule has 2 rings (SSSR count). The molecule has 0 spiro atoms. The minimum Gasteiger partial charge on any atom is -0.481 e. The van der Waals surface area contributed by atoms with Gasteiger partial charge in [-0.2, -0.15) is 13.2 Å². The van der Waals surface area contributed by atoms with Crippen LogP contribution in [0.15, 0.2) is 15.9 Å². The van der Waals surface area contributed by atoms with E-state index in [2.05, 4.69) is 15.9 Å². The molecule has 1 aromatic rings. The van der Waals surface area contributed by atoms with Crippen LogP contribution < -0.4 is 0 Å². The van der Waals surface area contributed by atoms with Gasteiger partial charge in [0.1, 0.15) is 4.88 Å². The number of alkyl halides is 3. The number of hydrogen-bond acceptors (Lipinski definition) is 3. The minimum absolute atomic E-state index is 0.227. The molecule has 1 N–H and O–H groups in total. The monoisotopic (exact) mass is 371 g/mol. The number of aliphatic carboxylic acids is 1. The summed E-state index contributed by atoms with van der Waals surface area (Å²) in [5.41, 5.74) is -2.87. The van der Waals surface area contributed by atoms with Crippen LogP contribution in [0.25, 0.3) is 0 Å². The van der Waals surface area contributed by atoms with Crippen molar-refractivity contribution in [3.8, 4) is 0 Å². The first-order valence-corrected chi connectivity index (χ1v) is 7.19. The summed E-state index contributed by atoms with van der Waals surface area (Å²) in [6, 6.07) is 1.61. The molecule has 1 unspecified atom stereocenters. The molecule has 0 saturated carbocycles. The fourth-order valence-electron chi connectivity index (χ4n) is 2.10. The summed E-state index contributed by atoms with van der Waals surface area (Å²) in [6.07, 6.45) is -5.51. The number of carboxylic acids is 1. The van der Waals surface area contributed by atoms with Gasteiger partial charge in [-0.1, -0.05) is 0 Å². The molecule has 1 aliphatic rings. The highest BCUT2D eigenvalue weighted by molar-refractivity contribution is 9.10. The summed E-state index contributed by atoms with van der Waals surface area (Å²) in [6.45, 7) is -1.08. The van der Waals surface area contributed by atoms with Gasteiger partial charge in [0, 0.05) is 17.6 Å². The van der Waals surface area contributed by atoms with Crippen molar-refractivity contribution < 1.29 is 27.9 Å². The van der Waals surface area contributed by atoms with E-state index >= 15 is 0 Å². The summed E-state index contributed by atoms with van der Waals surface area (Å²) in [5, 5.41) is 10.5. The van der Waals surface area contributed by atoms with Crippen LogP contribution in [-0.2, 0) is 4.79 Å². The van der Waals surface area contributed by atoms with E-state index in [9.17, 15) is 22.8 Å². The minimum atomic E-state index is -4.89. The molecule has 4 nitrogen and oxygen atoms in total. The summed E-state index contributed by atoms with van der Waals surface area (Å²) in [4.78, 5) is 24.4. The van der Waals surface area contributed by atoms with Gasteiger partial charge < -0.3 is 10.0 Å². The predicted molar refractivity (Wildman–Crippen MR) is 68.7 cm³/mol. The van der Waals surface area contributed by atoms with Crippen LogP contribution in [0.4, 0.5) is 13.2 Å². The van der Waals surface area contributed by atoms with Crippen LogP contribution in [0.2, 0.25) is 0 Å². The lowest BCUT2D eigenvalue weighted by atomic mass is 9.86. The Morgan fingerprint density at radius 3 is 2.50 bits per heavy atom. The summed E-state index contributed by atoms with van der Waals surface area (Å²) in [5.74, 6) is -2.52. The van der Waals surface area contributed by atoms with Gasteiger partial charge in [-0.3, -0.25) is 9.59 Å². The molecule has 1 aromatic heterocycles. The van der Waals surface area contributed by atoms with E-state index in [0.717, 1.165) is 16.2 Å². The van der Waals surface area contributed by atoms with E-state index in [1.165, 1.54) is 0 Å². The van der Waals surface area contributed by atoms with Crippen molar-refractivity contribution in [3.63, 3.8) is 0 Å². The van der Waals surface area contributed by atoms with Crippen LogP contribution in [0.1, 0.15) is 16.1 Å². The number of halogens is 4. The van der Waals surface area contributed by atoms with Crippen molar-refractivity contribution >= 4 is 39.1 Å². The van der Waals surface area contributed by atoms with Crippen molar-refractivity contribution in [3.05, 3.63) is 20.8 Å². The van der Waals surface area contributed by atoms with Gasteiger partial charge in [0.2, 0.25) is 0 Å². The molecule has 9 heteroatoms. The molecule has 2 heterocycles. The van der Waals surface area contributed by atoms with E-state index in [1.807, 2.05) is 0 Å². The molecule has 1 amide bonds. The number of carboxylic acid groups (broad SMARTS) is 1. The Kier molecular flexibility index (Phi) is 3.85.